The second-order valence-corrected chi connectivity index (χ2v) is 5.68. The van der Waals surface area contributed by atoms with Gasteiger partial charge in [-0.3, -0.25) is 4.79 Å². The highest BCUT2D eigenvalue weighted by molar-refractivity contribution is 5.94. The van der Waals surface area contributed by atoms with Crippen molar-refractivity contribution in [2.24, 2.45) is 0 Å². The minimum atomic E-state index is -1.04. The number of amides is 1. The van der Waals surface area contributed by atoms with Crippen LogP contribution in [0.2, 0.25) is 0 Å². The van der Waals surface area contributed by atoms with Crippen molar-refractivity contribution in [1.82, 2.24) is 10.5 Å². The second-order valence-electron chi connectivity index (χ2n) is 5.68. The van der Waals surface area contributed by atoms with E-state index in [4.69, 9.17) is 19.1 Å². The van der Waals surface area contributed by atoms with Gasteiger partial charge in [-0.1, -0.05) is 17.3 Å². The monoisotopic (exact) mass is 346 g/mol. The van der Waals surface area contributed by atoms with Gasteiger partial charge in [-0.25, -0.2) is 4.79 Å². The second kappa shape index (κ2) is 7.35. The number of ether oxygens (including phenoxy) is 2. The lowest BCUT2D eigenvalue weighted by Crippen LogP contribution is -2.28. The van der Waals surface area contributed by atoms with Gasteiger partial charge in [-0.05, 0) is 24.6 Å². The van der Waals surface area contributed by atoms with E-state index in [0.717, 1.165) is 5.56 Å². The molecule has 1 aliphatic heterocycles. The van der Waals surface area contributed by atoms with Gasteiger partial charge in [0.25, 0.3) is 5.91 Å². The Morgan fingerprint density at radius 1 is 1.36 bits per heavy atom. The Bertz CT molecular complexity index is 768. The number of carboxylic acids is 1. The number of rotatable bonds is 6. The summed E-state index contributed by atoms with van der Waals surface area (Å²) < 4.78 is 15.6. The number of aliphatic carboxylic acids is 1. The van der Waals surface area contributed by atoms with Gasteiger partial charge in [0.05, 0.1) is 24.8 Å². The fraction of sp³-hybridized carbons (Fsp3) is 0.353. The summed E-state index contributed by atoms with van der Waals surface area (Å²) in [6, 6.07) is 6.59. The molecule has 0 fully saturated rings. The number of hydrogen-bond acceptors (Lipinski definition) is 6. The van der Waals surface area contributed by atoms with Crippen LogP contribution in [0.1, 0.15) is 40.3 Å². The summed E-state index contributed by atoms with van der Waals surface area (Å²) in [5.41, 5.74) is 1.81. The molecule has 0 radical (unpaired) electrons. The summed E-state index contributed by atoms with van der Waals surface area (Å²) in [6.45, 7) is 2.33. The predicted molar refractivity (Wildman–Crippen MR) is 85.3 cm³/mol. The molecule has 1 aromatic carbocycles. The van der Waals surface area contributed by atoms with Crippen molar-refractivity contribution < 1.29 is 28.7 Å². The maximum atomic E-state index is 12.4. The van der Waals surface area contributed by atoms with Crippen LogP contribution in [0.3, 0.4) is 0 Å². The molecule has 0 aliphatic carbocycles. The molecule has 8 heteroatoms. The van der Waals surface area contributed by atoms with Gasteiger partial charge in [-0.2, -0.15) is 0 Å². The van der Waals surface area contributed by atoms with Crippen LogP contribution in [-0.2, 0) is 22.6 Å². The van der Waals surface area contributed by atoms with E-state index in [-0.39, 0.29) is 17.6 Å². The van der Waals surface area contributed by atoms with Crippen LogP contribution < -0.4 is 10.1 Å². The van der Waals surface area contributed by atoms with E-state index in [0.29, 0.717) is 36.7 Å². The molecule has 8 nitrogen and oxygen atoms in total. The molecule has 3 rings (SSSR count). The van der Waals surface area contributed by atoms with E-state index in [1.807, 2.05) is 6.92 Å². The van der Waals surface area contributed by atoms with Crippen molar-refractivity contribution >= 4 is 11.9 Å². The summed E-state index contributed by atoms with van der Waals surface area (Å²) in [7, 11) is 0. The Hall–Kier alpha value is -2.87. The van der Waals surface area contributed by atoms with Gasteiger partial charge < -0.3 is 24.4 Å². The number of hydrogen-bond donors (Lipinski definition) is 2. The van der Waals surface area contributed by atoms with Crippen LogP contribution in [0.15, 0.2) is 28.8 Å². The highest BCUT2D eigenvalue weighted by Crippen LogP contribution is 2.22. The van der Waals surface area contributed by atoms with E-state index < -0.39 is 12.6 Å². The molecule has 2 N–H and O–H groups in total. The summed E-state index contributed by atoms with van der Waals surface area (Å²) in [4.78, 5) is 22.9. The standard InChI is InChI=1S/C17H18N2O6/c1-10(11-2-4-12(5-3-11)24-9-15(20)21)18-17(22)16-13-8-23-7-6-14(13)25-19-16/h2-5,10H,6-9H2,1H3,(H,18,22)(H,20,21). The van der Waals surface area contributed by atoms with E-state index in [2.05, 4.69) is 10.5 Å². The summed E-state index contributed by atoms with van der Waals surface area (Å²) >= 11 is 0. The quantitative estimate of drug-likeness (QED) is 0.819. The lowest BCUT2D eigenvalue weighted by atomic mass is 10.1. The van der Waals surface area contributed by atoms with Crippen molar-refractivity contribution in [3.05, 3.63) is 46.8 Å². The zero-order valence-electron chi connectivity index (χ0n) is 13.7. The first-order chi connectivity index (χ1) is 12.0. The Morgan fingerprint density at radius 3 is 2.84 bits per heavy atom. The van der Waals surface area contributed by atoms with Crippen molar-refractivity contribution in [2.75, 3.05) is 13.2 Å². The van der Waals surface area contributed by atoms with Crippen molar-refractivity contribution in [2.45, 2.75) is 26.0 Å². The third-order valence-electron chi connectivity index (χ3n) is 3.89. The largest absolute Gasteiger partial charge is 0.482 e. The van der Waals surface area contributed by atoms with Crippen LogP contribution in [0.25, 0.3) is 0 Å². The topological polar surface area (TPSA) is 111 Å². The first-order valence-corrected chi connectivity index (χ1v) is 7.85. The first kappa shape index (κ1) is 17.0. The maximum absolute atomic E-state index is 12.4. The van der Waals surface area contributed by atoms with Crippen molar-refractivity contribution in [3.8, 4) is 5.75 Å². The fourth-order valence-corrected chi connectivity index (χ4v) is 2.55. The highest BCUT2D eigenvalue weighted by atomic mass is 16.5. The number of carbonyl (C=O) groups is 2. The molecule has 25 heavy (non-hydrogen) atoms. The molecule has 1 aliphatic rings. The molecule has 1 amide bonds. The molecule has 1 atom stereocenters. The third-order valence-corrected chi connectivity index (χ3v) is 3.89. The highest BCUT2D eigenvalue weighted by Gasteiger charge is 2.25. The lowest BCUT2D eigenvalue weighted by Gasteiger charge is -2.15. The zero-order chi connectivity index (χ0) is 17.8. The van der Waals surface area contributed by atoms with Gasteiger partial charge in [0.2, 0.25) is 0 Å². The number of fused-ring (bicyclic) bond motifs is 1. The molecule has 132 valence electrons. The molecule has 1 unspecified atom stereocenters. The fourth-order valence-electron chi connectivity index (χ4n) is 2.55. The van der Waals surface area contributed by atoms with Crippen molar-refractivity contribution in [1.29, 1.82) is 0 Å². The SMILES string of the molecule is CC(NC(=O)c1noc2c1COCC2)c1ccc(OCC(=O)O)cc1. The van der Waals surface area contributed by atoms with Gasteiger partial charge >= 0.3 is 5.97 Å². The molecule has 0 bridgehead atoms. The van der Waals surface area contributed by atoms with Gasteiger partial charge in [0, 0.05) is 6.42 Å². The molecule has 0 saturated carbocycles. The molecule has 2 aromatic rings. The summed E-state index contributed by atoms with van der Waals surface area (Å²) in [6.07, 6.45) is 0.614. The minimum absolute atomic E-state index is 0.253. The van der Waals surface area contributed by atoms with Crippen LogP contribution >= 0.6 is 0 Å². The Labute approximate surface area is 143 Å². The zero-order valence-corrected chi connectivity index (χ0v) is 13.7. The molecule has 2 heterocycles. The van der Waals surface area contributed by atoms with E-state index >= 15 is 0 Å². The first-order valence-electron chi connectivity index (χ1n) is 7.85. The van der Waals surface area contributed by atoms with E-state index in [1.54, 1.807) is 24.3 Å². The lowest BCUT2D eigenvalue weighted by molar-refractivity contribution is -0.139. The Morgan fingerprint density at radius 2 is 2.12 bits per heavy atom. The van der Waals surface area contributed by atoms with Crippen molar-refractivity contribution in [3.63, 3.8) is 0 Å². The number of carboxylic acid groups (broad SMARTS) is 1. The summed E-state index contributed by atoms with van der Waals surface area (Å²) in [5.74, 6) is -0.213. The van der Waals surface area contributed by atoms with Gasteiger partial charge in [0.15, 0.2) is 12.3 Å². The number of benzene rings is 1. The molecule has 0 saturated heterocycles. The molecule has 1 aromatic heterocycles. The molecule has 0 spiro atoms. The van der Waals surface area contributed by atoms with Crippen LogP contribution in [0.4, 0.5) is 0 Å². The van der Waals surface area contributed by atoms with Crippen LogP contribution in [-0.4, -0.2) is 35.4 Å². The average Bonchev–Trinajstić information content (AvgIpc) is 3.04. The number of carbonyl (C=O) groups excluding carboxylic acids is 1. The molecular weight excluding hydrogens is 328 g/mol. The third kappa shape index (κ3) is 3.97. The van der Waals surface area contributed by atoms with Gasteiger partial charge in [-0.15, -0.1) is 0 Å². The Kier molecular flexibility index (Phi) is 4.99. The predicted octanol–water partition coefficient (Wildman–Crippen LogP) is 1.70. The van der Waals surface area contributed by atoms with Crippen LogP contribution in [0, 0.1) is 0 Å². The average molecular weight is 346 g/mol. The number of aromatic nitrogens is 1. The normalized spacial score (nSPS) is 14.4. The maximum Gasteiger partial charge on any atom is 0.341 e. The number of nitrogens with one attached hydrogen (secondary N) is 1. The summed E-state index contributed by atoms with van der Waals surface area (Å²) in [5, 5.41) is 15.3. The van der Waals surface area contributed by atoms with Gasteiger partial charge in [0.1, 0.15) is 11.5 Å². The smallest absolute Gasteiger partial charge is 0.341 e. The van der Waals surface area contributed by atoms with E-state index in [9.17, 15) is 9.59 Å². The van der Waals surface area contributed by atoms with E-state index in [1.165, 1.54) is 0 Å². The Balaban J connectivity index is 1.63. The van der Waals surface area contributed by atoms with Crippen LogP contribution in [0.5, 0.6) is 5.75 Å². The minimum Gasteiger partial charge on any atom is -0.482 e. The number of nitrogens with zero attached hydrogens (tertiary/aromatic N) is 1. The molecular formula is C17H18N2O6.